The van der Waals surface area contributed by atoms with E-state index < -0.39 is 10.0 Å². The van der Waals surface area contributed by atoms with Crippen LogP contribution >= 0.6 is 0 Å². The molecule has 0 unspecified atom stereocenters. The Labute approximate surface area is 153 Å². The first-order chi connectivity index (χ1) is 12.3. The van der Waals surface area contributed by atoms with Crippen LogP contribution in [-0.2, 0) is 17.1 Å². The van der Waals surface area contributed by atoms with Gasteiger partial charge in [-0.15, -0.1) is 0 Å². The molecule has 7 heteroatoms. The van der Waals surface area contributed by atoms with Crippen molar-refractivity contribution in [3.8, 4) is 0 Å². The number of nitrogens with zero attached hydrogens (tertiary/aromatic N) is 3. The number of hydrogen-bond donors (Lipinski definition) is 0. The van der Waals surface area contributed by atoms with Crippen molar-refractivity contribution in [3.05, 3.63) is 36.0 Å². The molecule has 1 atom stereocenters. The Morgan fingerprint density at radius 3 is 2.58 bits per heavy atom. The van der Waals surface area contributed by atoms with Crippen LogP contribution in [0.1, 0.15) is 36.7 Å². The molecular weight excluding hydrogens is 350 g/mol. The van der Waals surface area contributed by atoms with E-state index in [1.807, 2.05) is 47.7 Å². The first-order valence-electron chi connectivity index (χ1n) is 8.91. The standard InChI is InChI=1S/C19H23N3O3S/c1-13-8-6-7-11-21(13)19(23)17-12-16-18(22(17)26(3,24)25)14-9-4-5-10-15(14)20(16)2/h4-5,9-10,12-13H,6-8,11H2,1-3H3/t13-/m0/s1. The van der Waals surface area contributed by atoms with E-state index in [-0.39, 0.29) is 17.6 Å². The first kappa shape index (κ1) is 17.1. The van der Waals surface area contributed by atoms with Crippen LogP contribution in [0.4, 0.5) is 0 Å². The maximum Gasteiger partial charge on any atom is 0.271 e. The van der Waals surface area contributed by atoms with E-state index in [4.69, 9.17) is 0 Å². The number of para-hydroxylation sites is 1. The van der Waals surface area contributed by atoms with Crippen molar-refractivity contribution in [2.75, 3.05) is 12.8 Å². The lowest BCUT2D eigenvalue weighted by Gasteiger charge is -2.33. The lowest BCUT2D eigenvalue weighted by Crippen LogP contribution is -2.43. The van der Waals surface area contributed by atoms with Gasteiger partial charge in [-0.3, -0.25) is 4.79 Å². The third-order valence-corrected chi connectivity index (χ3v) is 6.48. The third kappa shape index (κ3) is 2.45. The van der Waals surface area contributed by atoms with Gasteiger partial charge in [0.05, 0.1) is 22.8 Å². The minimum atomic E-state index is -3.64. The molecule has 1 saturated heterocycles. The molecule has 1 amide bonds. The zero-order valence-electron chi connectivity index (χ0n) is 15.3. The van der Waals surface area contributed by atoms with Gasteiger partial charge in [0, 0.05) is 25.0 Å². The highest BCUT2D eigenvalue weighted by Crippen LogP contribution is 2.33. The number of likely N-dealkylation sites (tertiary alicyclic amines) is 1. The molecule has 0 N–H and O–H groups in total. The number of fused-ring (bicyclic) bond motifs is 3. The first-order valence-corrected chi connectivity index (χ1v) is 10.8. The zero-order chi connectivity index (χ0) is 18.6. The van der Waals surface area contributed by atoms with E-state index >= 15 is 0 Å². The molecule has 1 fully saturated rings. The molecule has 6 nitrogen and oxygen atoms in total. The normalized spacial score (nSPS) is 18.7. The van der Waals surface area contributed by atoms with E-state index in [0.29, 0.717) is 12.1 Å². The predicted molar refractivity (Wildman–Crippen MR) is 103 cm³/mol. The second kappa shape index (κ2) is 5.87. The van der Waals surface area contributed by atoms with E-state index in [1.54, 1.807) is 6.07 Å². The molecule has 0 radical (unpaired) electrons. The Bertz CT molecular complexity index is 1120. The Kier molecular flexibility index (Phi) is 3.87. The van der Waals surface area contributed by atoms with E-state index in [9.17, 15) is 13.2 Å². The van der Waals surface area contributed by atoms with Gasteiger partial charge in [0.25, 0.3) is 5.91 Å². The molecule has 26 heavy (non-hydrogen) atoms. The summed E-state index contributed by atoms with van der Waals surface area (Å²) >= 11 is 0. The molecule has 3 aromatic rings. The number of hydrogen-bond acceptors (Lipinski definition) is 3. The van der Waals surface area contributed by atoms with Gasteiger partial charge in [0.1, 0.15) is 5.69 Å². The topological polar surface area (TPSA) is 64.3 Å². The molecule has 4 rings (SSSR count). The summed E-state index contributed by atoms with van der Waals surface area (Å²) in [5.74, 6) is -0.206. The van der Waals surface area contributed by atoms with E-state index in [0.717, 1.165) is 41.9 Å². The number of rotatable bonds is 2. The molecular formula is C19H23N3O3S. The minimum absolute atomic E-state index is 0.124. The molecule has 1 aliphatic heterocycles. The lowest BCUT2D eigenvalue weighted by molar-refractivity contribution is 0.0629. The number of carbonyl (C=O) groups is 1. The number of piperidine rings is 1. The summed E-state index contributed by atoms with van der Waals surface area (Å²) in [6.07, 6.45) is 4.17. The largest absolute Gasteiger partial charge is 0.342 e. The van der Waals surface area contributed by atoms with Crippen LogP contribution in [0.3, 0.4) is 0 Å². The maximum atomic E-state index is 13.2. The lowest BCUT2D eigenvalue weighted by atomic mass is 10.0. The SMILES string of the molecule is C[C@H]1CCCCN1C(=O)c1cc2c(c3ccccc3n2C)n1S(C)(=O)=O. The van der Waals surface area contributed by atoms with Gasteiger partial charge >= 0.3 is 0 Å². The number of carbonyl (C=O) groups excluding carboxylic acids is 1. The summed E-state index contributed by atoms with van der Waals surface area (Å²) in [7, 11) is -1.74. The molecule has 3 heterocycles. The summed E-state index contributed by atoms with van der Waals surface area (Å²) in [5.41, 5.74) is 2.51. The fraction of sp³-hybridized carbons (Fsp3) is 0.421. The highest BCUT2D eigenvalue weighted by molar-refractivity contribution is 7.89. The molecule has 138 valence electrons. The molecule has 1 aromatic carbocycles. The van der Waals surface area contributed by atoms with Gasteiger partial charge in [-0.1, -0.05) is 18.2 Å². The van der Waals surface area contributed by atoms with Crippen LogP contribution in [0.5, 0.6) is 0 Å². The van der Waals surface area contributed by atoms with Crippen LogP contribution in [-0.4, -0.2) is 46.6 Å². The predicted octanol–water partition coefficient (Wildman–Crippen LogP) is 2.96. The average molecular weight is 373 g/mol. The van der Waals surface area contributed by atoms with Crippen molar-refractivity contribution in [1.29, 1.82) is 0 Å². The van der Waals surface area contributed by atoms with Crippen LogP contribution < -0.4 is 0 Å². The molecule has 0 aliphatic carbocycles. The Morgan fingerprint density at radius 1 is 1.15 bits per heavy atom. The zero-order valence-corrected chi connectivity index (χ0v) is 16.1. The van der Waals surface area contributed by atoms with Crippen molar-refractivity contribution in [2.24, 2.45) is 7.05 Å². The van der Waals surface area contributed by atoms with Crippen LogP contribution in [0.25, 0.3) is 21.9 Å². The Balaban J connectivity index is 2.01. The number of aryl methyl sites for hydroxylation is 1. The summed E-state index contributed by atoms with van der Waals surface area (Å²) in [5, 5.41) is 0.834. The van der Waals surface area contributed by atoms with Crippen molar-refractivity contribution in [2.45, 2.75) is 32.2 Å². The highest BCUT2D eigenvalue weighted by Gasteiger charge is 2.31. The van der Waals surface area contributed by atoms with Crippen molar-refractivity contribution in [3.63, 3.8) is 0 Å². The minimum Gasteiger partial charge on any atom is -0.342 e. The number of amides is 1. The highest BCUT2D eigenvalue weighted by atomic mass is 32.2. The van der Waals surface area contributed by atoms with Crippen LogP contribution in [0.15, 0.2) is 30.3 Å². The summed E-state index contributed by atoms with van der Waals surface area (Å²) in [6, 6.07) is 9.51. The van der Waals surface area contributed by atoms with Crippen molar-refractivity contribution >= 4 is 37.9 Å². The molecule has 1 aliphatic rings. The monoisotopic (exact) mass is 373 g/mol. The van der Waals surface area contributed by atoms with E-state index in [2.05, 4.69) is 0 Å². The molecule has 0 spiro atoms. The Morgan fingerprint density at radius 2 is 1.88 bits per heavy atom. The summed E-state index contributed by atoms with van der Waals surface area (Å²) in [4.78, 5) is 15.0. The van der Waals surface area contributed by atoms with Gasteiger partial charge in [-0.05, 0) is 38.3 Å². The smallest absolute Gasteiger partial charge is 0.271 e. The second-order valence-corrected chi connectivity index (χ2v) is 9.04. The molecule has 2 aromatic heterocycles. The van der Waals surface area contributed by atoms with Crippen molar-refractivity contribution in [1.82, 2.24) is 13.4 Å². The van der Waals surface area contributed by atoms with E-state index in [1.165, 1.54) is 3.97 Å². The van der Waals surface area contributed by atoms with Crippen LogP contribution in [0.2, 0.25) is 0 Å². The number of benzene rings is 1. The van der Waals surface area contributed by atoms with Gasteiger partial charge in [0.15, 0.2) is 0 Å². The quantitative estimate of drug-likeness (QED) is 0.694. The average Bonchev–Trinajstić information content (AvgIpc) is 3.12. The van der Waals surface area contributed by atoms with Crippen molar-refractivity contribution < 1.29 is 13.2 Å². The maximum absolute atomic E-state index is 13.2. The summed E-state index contributed by atoms with van der Waals surface area (Å²) in [6.45, 7) is 2.70. The van der Waals surface area contributed by atoms with Gasteiger partial charge in [-0.2, -0.15) is 0 Å². The van der Waals surface area contributed by atoms with Crippen LogP contribution in [0, 0.1) is 0 Å². The van der Waals surface area contributed by atoms with Gasteiger partial charge in [-0.25, -0.2) is 12.4 Å². The molecule has 0 saturated carbocycles. The van der Waals surface area contributed by atoms with Gasteiger partial charge < -0.3 is 9.47 Å². The van der Waals surface area contributed by atoms with Gasteiger partial charge in [0.2, 0.25) is 10.0 Å². The Hall–Kier alpha value is -2.28. The molecule has 0 bridgehead atoms. The summed E-state index contributed by atoms with van der Waals surface area (Å²) < 4.78 is 28.4. The third-order valence-electron chi connectivity index (χ3n) is 5.43. The fourth-order valence-corrected chi connectivity index (χ4v) is 5.13. The number of aromatic nitrogens is 2. The second-order valence-electron chi connectivity index (χ2n) is 7.21. The fourth-order valence-electron chi connectivity index (χ4n) is 4.12.